The number of rotatable bonds is 5. The topological polar surface area (TPSA) is 35.2 Å². The van der Waals surface area contributed by atoms with Gasteiger partial charge in [-0.15, -0.1) is 0 Å². The van der Waals surface area contributed by atoms with Crippen molar-refractivity contribution in [2.45, 2.75) is 38.2 Å². The zero-order chi connectivity index (χ0) is 9.52. The predicted octanol–water partition coefficient (Wildman–Crippen LogP) is 1.88. The van der Waals surface area contributed by atoms with E-state index in [1.54, 1.807) is 0 Å². The van der Waals surface area contributed by atoms with E-state index in [0.717, 1.165) is 6.42 Å². The van der Waals surface area contributed by atoms with Crippen LogP contribution in [0.3, 0.4) is 0 Å². The van der Waals surface area contributed by atoms with E-state index in [4.69, 9.17) is 10.5 Å². The number of halogens is 1. The Morgan fingerprint density at radius 1 is 1.31 bits per heavy atom. The Bertz CT molecular complexity index is 132. The molecule has 1 saturated carbocycles. The minimum atomic E-state index is -0.278. The van der Waals surface area contributed by atoms with Crippen molar-refractivity contribution in [2.24, 2.45) is 11.7 Å². The summed E-state index contributed by atoms with van der Waals surface area (Å²) in [5.74, 6) is 0.508. The smallest absolute Gasteiger partial charge is 0.0916 e. The second-order valence-corrected chi connectivity index (χ2v) is 3.73. The van der Waals surface area contributed by atoms with Crippen LogP contribution in [0.4, 0.5) is 4.39 Å². The summed E-state index contributed by atoms with van der Waals surface area (Å²) in [6, 6.07) is 0. The highest BCUT2D eigenvalue weighted by atomic mass is 19.1. The quantitative estimate of drug-likeness (QED) is 0.670. The van der Waals surface area contributed by atoms with Crippen molar-refractivity contribution in [1.82, 2.24) is 0 Å². The van der Waals surface area contributed by atoms with Crippen molar-refractivity contribution < 1.29 is 9.13 Å². The highest BCUT2D eigenvalue weighted by Gasteiger charge is 2.23. The molecule has 1 rings (SSSR count). The molecule has 78 valence electrons. The average molecular weight is 189 g/mol. The van der Waals surface area contributed by atoms with Gasteiger partial charge in [-0.25, -0.2) is 0 Å². The van der Waals surface area contributed by atoms with E-state index in [-0.39, 0.29) is 6.67 Å². The Kier molecular flexibility index (Phi) is 5.32. The molecule has 0 spiro atoms. The predicted molar refractivity (Wildman–Crippen MR) is 51.3 cm³/mol. The molecule has 0 bridgehead atoms. The maximum absolute atomic E-state index is 11.8. The number of nitrogens with two attached hydrogens (primary N) is 1. The van der Waals surface area contributed by atoms with Gasteiger partial charge in [0, 0.05) is 6.61 Å². The lowest BCUT2D eigenvalue weighted by atomic mass is 9.86. The molecule has 0 aliphatic heterocycles. The molecule has 1 fully saturated rings. The SMILES string of the molecule is NCC1CCCCC1OCCCF. The zero-order valence-corrected chi connectivity index (χ0v) is 8.18. The van der Waals surface area contributed by atoms with Crippen molar-refractivity contribution in [1.29, 1.82) is 0 Å². The molecule has 1 aliphatic rings. The van der Waals surface area contributed by atoms with Gasteiger partial charge >= 0.3 is 0 Å². The lowest BCUT2D eigenvalue weighted by Gasteiger charge is -2.30. The molecule has 2 N–H and O–H groups in total. The summed E-state index contributed by atoms with van der Waals surface area (Å²) in [5, 5.41) is 0. The fourth-order valence-electron chi connectivity index (χ4n) is 1.95. The first-order chi connectivity index (χ1) is 6.38. The van der Waals surface area contributed by atoms with Gasteiger partial charge in [0.2, 0.25) is 0 Å². The number of hydrogen-bond acceptors (Lipinski definition) is 2. The van der Waals surface area contributed by atoms with Gasteiger partial charge in [0.25, 0.3) is 0 Å². The summed E-state index contributed by atoms with van der Waals surface area (Å²) in [7, 11) is 0. The minimum Gasteiger partial charge on any atom is -0.378 e. The molecule has 2 unspecified atom stereocenters. The molecule has 13 heavy (non-hydrogen) atoms. The van der Waals surface area contributed by atoms with Crippen molar-refractivity contribution in [3.8, 4) is 0 Å². The second kappa shape index (κ2) is 6.33. The maximum atomic E-state index is 11.8. The van der Waals surface area contributed by atoms with Crippen molar-refractivity contribution in [3.63, 3.8) is 0 Å². The van der Waals surface area contributed by atoms with Crippen LogP contribution in [0.15, 0.2) is 0 Å². The highest BCUT2D eigenvalue weighted by Crippen LogP contribution is 2.25. The van der Waals surface area contributed by atoms with Crippen molar-refractivity contribution >= 4 is 0 Å². The first-order valence-electron chi connectivity index (χ1n) is 5.26. The third kappa shape index (κ3) is 3.61. The molecule has 2 atom stereocenters. The second-order valence-electron chi connectivity index (χ2n) is 3.73. The summed E-state index contributed by atoms with van der Waals surface area (Å²) in [6.07, 6.45) is 5.60. The number of hydrogen-bond donors (Lipinski definition) is 1. The van der Waals surface area contributed by atoms with E-state index in [0.29, 0.717) is 31.6 Å². The van der Waals surface area contributed by atoms with Crippen LogP contribution in [0.2, 0.25) is 0 Å². The Morgan fingerprint density at radius 3 is 2.77 bits per heavy atom. The van der Waals surface area contributed by atoms with Crippen LogP contribution >= 0.6 is 0 Å². The van der Waals surface area contributed by atoms with Gasteiger partial charge in [0.15, 0.2) is 0 Å². The van der Waals surface area contributed by atoms with Gasteiger partial charge < -0.3 is 10.5 Å². The lowest BCUT2D eigenvalue weighted by Crippen LogP contribution is -2.33. The minimum absolute atomic E-state index is 0.278. The normalized spacial score (nSPS) is 29.1. The highest BCUT2D eigenvalue weighted by molar-refractivity contribution is 4.76. The summed E-state index contributed by atoms with van der Waals surface area (Å²) in [4.78, 5) is 0. The molecule has 2 nitrogen and oxygen atoms in total. The third-order valence-electron chi connectivity index (χ3n) is 2.75. The van der Waals surface area contributed by atoms with Crippen LogP contribution in [0.25, 0.3) is 0 Å². The molecule has 0 aromatic carbocycles. The molecule has 0 amide bonds. The summed E-state index contributed by atoms with van der Waals surface area (Å²) < 4.78 is 17.4. The van der Waals surface area contributed by atoms with Gasteiger partial charge in [0.1, 0.15) is 0 Å². The summed E-state index contributed by atoms with van der Waals surface area (Å²) >= 11 is 0. The van der Waals surface area contributed by atoms with Crippen LogP contribution in [0.1, 0.15) is 32.1 Å². The van der Waals surface area contributed by atoms with Crippen LogP contribution in [-0.4, -0.2) is 25.9 Å². The fourth-order valence-corrected chi connectivity index (χ4v) is 1.95. The lowest BCUT2D eigenvalue weighted by molar-refractivity contribution is -0.0103. The van der Waals surface area contributed by atoms with Crippen molar-refractivity contribution in [3.05, 3.63) is 0 Å². The van der Waals surface area contributed by atoms with Gasteiger partial charge in [-0.05, 0) is 31.7 Å². The Morgan fingerprint density at radius 2 is 2.08 bits per heavy atom. The monoisotopic (exact) mass is 189 g/mol. The summed E-state index contributed by atoms with van der Waals surface area (Å²) in [6.45, 7) is 0.984. The number of ether oxygens (including phenoxy) is 1. The van der Waals surface area contributed by atoms with Gasteiger partial charge in [-0.1, -0.05) is 12.8 Å². The molecule has 0 radical (unpaired) electrons. The molecular formula is C10H20FNO. The Labute approximate surface area is 79.6 Å². The van der Waals surface area contributed by atoms with Gasteiger partial charge in [-0.2, -0.15) is 0 Å². The molecule has 0 saturated heterocycles. The largest absolute Gasteiger partial charge is 0.378 e. The molecule has 0 heterocycles. The van der Waals surface area contributed by atoms with E-state index < -0.39 is 0 Å². The maximum Gasteiger partial charge on any atom is 0.0916 e. The summed E-state index contributed by atoms with van der Waals surface area (Å²) in [5.41, 5.74) is 5.64. The third-order valence-corrected chi connectivity index (χ3v) is 2.75. The van der Waals surface area contributed by atoms with E-state index in [1.807, 2.05) is 0 Å². The fraction of sp³-hybridized carbons (Fsp3) is 1.00. The molecule has 3 heteroatoms. The van der Waals surface area contributed by atoms with E-state index in [1.165, 1.54) is 19.3 Å². The Balaban J connectivity index is 2.19. The van der Waals surface area contributed by atoms with Crippen LogP contribution in [0, 0.1) is 5.92 Å². The average Bonchev–Trinajstić information content (AvgIpc) is 2.19. The van der Waals surface area contributed by atoms with Crippen LogP contribution in [-0.2, 0) is 4.74 Å². The van der Waals surface area contributed by atoms with E-state index in [2.05, 4.69) is 0 Å². The van der Waals surface area contributed by atoms with Crippen LogP contribution < -0.4 is 5.73 Å². The number of alkyl halides is 1. The van der Waals surface area contributed by atoms with Gasteiger partial charge in [0.05, 0.1) is 12.8 Å². The molecule has 0 aromatic heterocycles. The van der Waals surface area contributed by atoms with Crippen molar-refractivity contribution in [2.75, 3.05) is 19.8 Å². The molecular weight excluding hydrogens is 169 g/mol. The molecule has 1 aliphatic carbocycles. The standard InChI is InChI=1S/C10H20FNO/c11-6-3-7-13-10-5-2-1-4-9(10)8-12/h9-10H,1-8,12H2. The van der Waals surface area contributed by atoms with Gasteiger partial charge in [-0.3, -0.25) is 4.39 Å². The van der Waals surface area contributed by atoms with Crippen LogP contribution in [0.5, 0.6) is 0 Å². The first-order valence-corrected chi connectivity index (χ1v) is 5.26. The van der Waals surface area contributed by atoms with E-state index in [9.17, 15) is 4.39 Å². The van der Waals surface area contributed by atoms with E-state index >= 15 is 0 Å². The zero-order valence-electron chi connectivity index (χ0n) is 8.18. The molecule has 0 aromatic rings. The first kappa shape index (κ1) is 10.9. The Hall–Kier alpha value is -0.150.